The molecule has 0 radical (unpaired) electrons. The highest BCUT2D eigenvalue weighted by atomic mass is 16.2. The summed E-state index contributed by atoms with van der Waals surface area (Å²) in [5.74, 6) is -1.42. The van der Waals surface area contributed by atoms with Crippen LogP contribution < -0.4 is 17.2 Å². The fourth-order valence-electron chi connectivity index (χ4n) is 0.517. The van der Waals surface area contributed by atoms with Crippen molar-refractivity contribution in [2.24, 2.45) is 5.73 Å². The average molecular weight is 155 g/mol. The number of primary amides is 1. The minimum atomic E-state index is -0.851. The first kappa shape index (κ1) is 7.19. The Morgan fingerprint density at radius 2 is 2.09 bits per heavy atom. The third kappa shape index (κ3) is 1.51. The number of H-pyrrole nitrogens is 1. The van der Waals surface area contributed by atoms with Gasteiger partial charge in [-0.3, -0.25) is 9.78 Å². The van der Waals surface area contributed by atoms with Gasteiger partial charge in [-0.05, 0) is 0 Å². The molecule has 0 aliphatic carbocycles. The second-order valence-electron chi connectivity index (χ2n) is 1.72. The van der Waals surface area contributed by atoms with Crippen LogP contribution in [0, 0.1) is 0 Å². The largest absolute Gasteiger partial charge is 0.368 e. The smallest absolute Gasteiger partial charge is 0.349 e. The molecule has 0 atom stereocenters. The van der Waals surface area contributed by atoms with Gasteiger partial charge in [-0.25, -0.2) is 4.79 Å². The Labute approximate surface area is 60.5 Å². The molecule has 0 aliphatic heterocycles. The first-order valence-electron chi connectivity index (χ1n) is 2.63. The van der Waals surface area contributed by atoms with E-state index in [1.165, 1.54) is 0 Å². The second-order valence-corrected chi connectivity index (χ2v) is 1.72. The molecule has 11 heavy (non-hydrogen) atoms. The van der Waals surface area contributed by atoms with E-state index in [4.69, 9.17) is 11.5 Å². The minimum Gasteiger partial charge on any atom is -0.368 e. The number of aromatic nitrogens is 3. The van der Waals surface area contributed by atoms with E-state index >= 15 is 0 Å². The van der Waals surface area contributed by atoms with Crippen molar-refractivity contribution in [2.45, 2.75) is 0 Å². The summed E-state index contributed by atoms with van der Waals surface area (Å²) in [4.78, 5) is 29.5. The topological polar surface area (TPSA) is 128 Å². The Kier molecular flexibility index (Phi) is 1.55. The predicted molar refractivity (Wildman–Crippen MR) is 35.6 cm³/mol. The van der Waals surface area contributed by atoms with Crippen LogP contribution in [0.25, 0.3) is 0 Å². The molecule has 7 nitrogen and oxygen atoms in total. The van der Waals surface area contributed by atoms with Gasteiger partial charge in [-0.1, -0.05) is 0 Å². The van der Waals surface area contributed by atoms with Gasteiger partial charge in [0.1, 0.15) is 0 Å². The molecule has 7 heteroatoms. The Morgan fingerprint density at radius 3 is 2.55 bits per heavy atom. The molecular weight excluding hydrogens is 150 g/mol. The van der Waals surface area contributed by atoms with Crippen molar-refractivity contribution >= 4 is 11.9 Å². The van der Waals surface area contributed by atoms with Gasteiger partial charge >= 0.3 is 5.69 Å². The third-order valence-electron chi connectivity index (χ3n) is 0.901. The Bertz CT molecular complexity index is 343. The first-order valence-corrected chi connectivity index (χ1v) is 2.63. The van der Waals surface area contributed by atoms with Crippen LogP contribution in [0.15, 0.2) is 4.79 Å². The number of anilines is 1. The van der Waals surface area contributed by atoms with Crippen LogP contribution in [-0.4, -0.2) is 20.9 Å². The molecule has 1 amide bonds. The van der Waals surface area contributed by atoms with Gasteiger partial charge in [0.05, 0.1) is 0 Å². The van der Waals surface area contributed by atoms with Crippen LogP contribution in [0.3, 0.4) is 0 Å². The van der Waals surface area contributed by atoms with E-state index in [1.54, 1.807) is 0 Å². The summed E-state index contributed by atoms with van der Waals surface area (Å²) in [5, 5.41) is 0. The fourth-order valence-corrected chi connectivity index (χ4v) is 0.517. The zero-order valence-corrected chi connectivity index (χ0v) is 5.37. The summed E-state index contributed by atoms with van der Waals surface area (Å²) in [6.07, 6.45) is 0. The summed E-state index contributed by atoms with van der Waals surface area (Å²) < 4.78 is 0. The van der Waals surface area contributed by atoms with Crippen LogP contribution in [0.1, 0.15) is 10.6 Å². The Morgan fingerprint density at radius 1 is 1.45 bits per heavy atom. The molecule has 0 bridgehead atoms. The number of nitrogens with zero attached hydrogens (tertiary/aromatic N) is 2. The van der Waals surface area contributed by atoms with Gasteiger partial charge in [-0.2, -0.15) is 9.97 Å². The lowest BCUT2D eigenvalue weighted by atomic mass is 10.6. The molecule has 0 aliphatic rings. The van der Waals surface area contributed by atoms with E-state index < -0.39 is 11.6 Å². The maximum absolute atomic E-state index is 10.5. The van der Waals surface area contributed by atoms with E-state index in [-0.39, 0.29) is 11.8 Å². The van der Waals surface area contributed by atoms with Gasteiger partial charge in [0.2, 0.25) is 11.8 Å². The summed E-state index contributed by atoms with van der Waals surface area (Å²) in [6, 6.07) is 0. The van der Waals surface area contributed by atoms with Gasteiger partial charge in [0.15, 0.2) is 0 Å². The van der Waals surface area contributed by atoms with E-state index in [0.29, 0.717) is 0 Å². The van der Waals surface area contributed by atoms with E-state index in [2.05, 4.69) is 9.97 Å². The standard InChI is InChI=1S/C4H5N5O2/c5-1(10)2-7-3(6)9-4(11)8-2/h(H2,5,10)(H3,6,7,8,9,11). The van der Waals surface area contributed by atoms with Crippen molar-refractivity contribution in [3.8, 4) is 0 Å². The number of nitrogens with one attached hydrogen (secondary N) is 1. The summed E-state index contributed by atoms with van der Waals surface area (Å²) in [7, 11) is 0. The molecule has 0 spiro atoms. The van der Waals surface area contributed by atoms with E-state index in [0.717, 1.165) is 0 Å². The minimum absolute atomic E-state index is 0.275. The SMILES string of the molecule is NC(=O)c1nc(N)nc(=O)[nH]1. The van der Waals surface area contributed by atoms with E-state index in [9.17, 15) is 9.59 Å². The number of carbonyl (C=O) groups excluding carboxylic acids is 1. The van der Waals surface area contributed by atoms with Gasteiger partial charge in [-0.15, -0.1) is 0 Å². The number of nitrogens with two attached hydrogens (primary N) is 2. The molecule has 1 aromatic heterocycles. The highest BCUT2D eigenvalue weighted by Crippen LogP contribution is 1.85. The summed E-state index contributed by atoms with van der Waals surface area (Å²) in [5.41, 5.74) is 9.10. The molecule has 0 unspecified atom stereocenters. The van der Waals surface area contributed by atoms with Gasteiger partial charge < -0.3 is 11.5 Å². The second kappa shape index (κ2) is 2.37. The number of carbonyl (C=O) groups is 1. The molecule has 58 valence electrons. The maximum Gasteiger partial charge on any atom is 0.349 e. The molecule has 0 saturated carbocycles. The normalized spacial score (nSPS) is 9.45. The van der Waals surface area contributed by atoms with Gasteiger partial charge in [0.25, 0.3) is 5.91 Å². The first-order chi connectivity index (χ1) is 5.09. The lowest BCUT2D eigenvalue weighted by Crippen LogP contribution is -2.24. The van der Waals surface area contributed by atoms with Crippen molar-refractivity contribution in [3.63, 3.8) is 0 Å². The Hall–Kier alpha value is -1.92. The van der Waals surface area contributed by atoms with E-state index in [1.807, 2.05) is 4.98 Å². The molecule has 0 aromatic carbocycles. The van der Waals surface area contributed by atoms with Crippen LogP contribution >= 0.6 is 0 Å². The van der Waals surface area contributed by atoms with Crippen LogP contribution in [0.2, 0.25) is 0 Å². The molecule has 0 saturated heterocycles. The van der Waals surface area contributed by atoms with Crippen molar-refractivity contribution in [2.75, 3.05) is 5.73 Å². The molecule has 0 fully saturated rings. The van der Waals surface area contributed by atoms with Crippen LogP contribution in [0.5, 0.6) is 0 Å². The lowest BCUT2D eigenvalue weighted by molar-refractivity contribution is 0.0990. The lowest BCUT2D eigenvalue weighted by Gasteiger charge is -1.93. The number of hydrogen-bond donors (Lipinski definition) is 3. The Balaban J connectivity index is 3.30. The molecule has 1 heterocycles. The van der Waals surface area contributed by atoms with Crippen molar-refractivity contribution in [3.05, 3.63) is 16.3 Å². The van der Waals surface area contributed by atoms with Crippen molar-refractivity contribution in [1.29, 1.82) is 0 Å². The number of aromatic amines is 1. The summed E-state index contributed by atoms with van der Waals surface area (Å²) >= 11 is 0. The molecule has 5 N–H and O–H groups in total. The van der Waals surface area contributed by atoms with Crippen molar-refractivity contribution in [1.82, 2.24) is 15.0 Å². The summed E-state index contributed by atoms with van der Waals surface area (Å²) in [6.45, 7) is 0. The van der Waals surface area contributed by atoms with Gasteiger partial charge in [0, 0.05) is 0 Å². The highest BCUT2D eigenvalue weighted by Gasteiger charge is 2.03. The monoisotopic (exact) mass is 155 g/mol. The van der Waals surface area contributed by atoms with Crippen LogP contribution in [-0.2, 0) is 0 Å². The zero-order chi connectivity index (χ0) is 8.43. The quantitative estimate of drug-likeness (QED) is 0.425. The van der Waals surface area contributed by atoms with Crippen molar-refractivity contribution < 1.29 is 4.79 Å². The zero-order valence-electron chi connectivity index (χ0n) is 5.37. The predicted octanol–water partition coefficient (Wildman–Crippen LogP) is -2.15. The number of amides is 1. The molecule has 1 rings (SSSR count). The van der Waals surface area contributed by atoms with Crippen LogP contribution in [0.4, 0.5) is 5.95 Å². The molecule has 1 aromatic rings. The maximum atomic E-state index is 10.5. The highest BCUT2D eigenvalue weighted by molar-refractivity contribution is 5.88. The number of rotatable bonds is 1. The number of hydrogen-bond acceptors (Lipinski definition) is 5. The average Bonchev–Trinajstić information content (AvgIpc) is 1.85. The third-order valence-corrected chi connectivity index (χ3v) is 0.901. The fraction of sp³-hybridized carbons (Fsp3) is 0. The number of nitrogen functional groups attached to an aromatic ring is 1. The molecular formula is C4H5N5O2.